The first kappa shape index (κ1) is 45.0. The Balaban J connectivity index is 1.64. The summed E-state index contributed by atoms with van der Waals surface area (Å²) in [7, 11) is -0.853. The minimum atomic E-state index is -3.31. The SMILES string of the molecule is COc1ccc(COC(=O)C(N2C(=O)[C@H]([C@@H](C)O[Si](C)(C)C(C)(C)C)[C@H]2[C@H](CC#N)[C@H](O)CSc2nncs2)=P(c2ccccc2)(c2ccccc2)c2ccccc2)cc1. The number of β-lactam (4-membered cyclic amide) rings is 1. The Kier molecular flexibility index (Phi) is 14.6. The number of likely N-dealkylation sites (tertiary alicyclic amines) is 1. The molecule has 6 rings (SSSR count). The van der Waals surface area contributed by atoms with Crippen molar-refractivity contribution in [1.29, 1.82) is 5.26 Å². The number of benzene rings is 4. The molecule has 14 heteroatoms. The van der Waals surface area contributed by atoms with Gasteiger partial charge in [-0.05, 0) is 58.7 Å². The van der Waals surface area contributed by atoms with Gasteiger partial charge < -0.3 is 23.9 Å². The van der Waals surface area contributed by atoms with Crippen molar-refractivity contribution in [2.75, 3.05) is 12.9 Å². The fraction of sp³-hybridized carbons (Fsp3) is 0.348. The highest BCUT2D eigenvalue weighted by Gasteiger charge is 2.60. The number of nitriles is 1. The van der Waals surface area contributed by atoms with Crippen molar-refractivity contribution >= 4 is 71.5 Å². The molecule has 4 aromatic carbocycles. The smallest absolute Gasteiger partial charge is 0.356 e. The van der Waals surface area contributed by atoms with E-state index in [2.05, 4.69) is 50.1 Å². The van der Waals surface area contributed by atoms with Crippen molar-refractivity contribution in [3.63, 3.8) is 0 Å². The van der Waals surface area contributed by atoms with E-state index in [1.165, 1.54) is 23.1 Å². The number of aliphatic hydroxyl groups is 1. The average Bonchev–Trinajstić information content (AvgIpc) is 3.78. The summed E-state index contributed by atoms with van der Waals surface area (Å²) >= 11 is 2.70. The first-order chi connectivity index (χ1) is 28.7. The van der Waals surface area contributed by atoms with Crippen molar-refractivity contribution in [3.8, 4) is 11.8 Å². The zero-order valence-corrected chi connectivity index (χ0v) is 38.6. The Labute approximate surface area is 363 Å². The van der Waals surface area contributed by atoms with Gasteiger partial charge in [-0.3, -0.25) is 4.79 Å². The van der Waals surface area contributed by atoms with Crippen LogP contribution in [-0.4, -0.2) is 76.9 Å². The van der Waals surface area contributed by atoms with Crippen molar-refractivity contribution in [1.82, 2.24) is 15.1 Å². The second-order valence-electron chi connectivity index (χ2n) is 16.3. The zero-order valence-electron chi connectivity index (χ0n) is 35.1. The summed E-state index contributed by atoms with van der Waals surface area (Å²) in [5, 5.41) is 33.1. The molecule has 1 amide bonds. The highest BCUT2D eigenvalue weighted by molar-refractivity contribution is 8.01. The highest BCUT2D eigenvalue weighted by Crippen LogP contribution is 2.52. The summed E-state index contributed by atoms with van der Waals surface area (Å²) in [6, 6.07) is 38.2. The monoisotopic (exact) mass is 880 g/mol. The number of hydrogen-bond acceptors (Lipinski definition) is 11. The zero-order chi connectivity index (χ0) is 43.1. The van der Waals surface area contributed by atoms with Crippen LogP contribution in [0.15, 0.2) is 125 Å². The molecule has 1 N–H and O–H groups in total. The first-order valence-electron chi connectivity index (χ1n) is 19.9. The lowest BCUT2D eigenvalue weighted by molar-refractivity contribution is -0.163. The molecule has 5 aromatic rings. The fourth-order valence-electron chi connectivity index (χ4n) is 7.63. The van der Waals surface area contributed by atoms with Crippen molar-refractivity contribution < 1.29 is 28.6 Å². The predicted molar refractivity (Wildman–Crippen MR) is 245 cm³/mol. The molecule has 0 unspecified atom stereocenters. The van der Waals surface area contributed by atoms with Crippen molar-refractivity contribution in [3.05, 3.63) is 126 Å². The Hall–Kier alpha value is -4.54. The van der Waals surface area contributed by atoms with E-state index < -0.39 is 51.3 Å². The number of aliphatic hydroxyl groups excluding tert-OH is 1. The number of aromatic nitrogens is 2. The summed E-state index contributed by atoms with van der Waals surface area (Å²) in [4.78, 5) is 32.7. The van der Waals surface area contributed by atoms with Crippen LogP contribution in [0.2, 0.25) is 18.1 Å². The molecule has 1 aliphatic heterocycles. The maximum atomic E-state index is 15.6. The van der Waals surface area contributed by atoms with Gasteiger partial charge in [0.2, 0.25) is 5.91 Å². The predicted octanol–water partition coefficient (Wildman–Crippen LogP) is 7.63. The number of ether oxygens (including phenoxy) is 2. The number of rotatable bonds is 17. The lowest BCUT2D eigenvalue weighted by Gasteiger charge is -2.55. The molecule has 10 nitrogen and oxygen atoms in total. The van der Waals surface area contributed by atoms with E-state index in [1.54, 1.807) is 29.7 Å². The molecule has 0 spiro atoms. The molecule has 314 valence electrons. The van der Waals surface area contributed by atoms with Crippen molar-refractivity contribution in [2.24, 2.45) is 11.8 Å². The standard InChI is InChI=1S/C46H53N4O6PS2Si/c1-32(56-60(6,7)46(2,3)4)40-41(38(27-28-47)39(51)30-58-45-49-48-31-59-45)50(42(40)52)43(44(53)55-29-33-23-25-34(54-5)26-24-33)57(35-17-11-8-12-18-35,36-19-13-9-14-20-36)37-21-15-10-16-22-37/h8-26,31-32,38-41,51H,27,29-30H2,1-7H3/t32-,38-,39-,40-,41-/m1/s1. The number of carbonyl (C=O) groups is 2. The summed E-state index contributed by atoms with van der Waals surface area (Å²) in [6.45, 7) is 9.26. The number of nitrogens with zero attached hydrogens (tertiary/aromatic N) is 4. The van der Waals surface area contributed by atoms with Gasteiger partial charge in [0.1, 0.15) is 23.3 Å². The van der Waals surface area contributed by atoms with E-state index in [0.29, 0.717) is 10.1 Å². The number of carbonyl (C=O) groups excluding carboxylic acids is 2. The third-order valence-corrected chi connectivity index (χ3v) is 22.4. The first-order valence-corrected chi connectivity index (χ1v) is 26.5. The number of hydrogen-bond donors (Lipinski definition) is 1. The van der Waals surface area contributed by atoms with Gasteiger partial charge in [-0.15, -0.1) is 10.2 Å². The van der Waals surface area contributed by atoms with Gasteiger partial charge in [-0.1, -0.05) is 147 Å². The van der Waals surface area contributed by atoms with Crippen LogP contribution in [0, 0.1) is 23.2 Å². The molecular formula is C46H53N4O6PS2Si. The van der Waals surface area contributed by atoms with Gasteiger partial charge in [0.15, 0.2) is 12.7 Å². The Bertz CT molecular complexity index is 2200. The Morgan fingerprint density at radius 1 is 0.950 bits per heavy atom. The summed E-state index contributed by atoms with van der Waals surface area (Å²) < 4.78 is 19.4. The highest BCUT2D eigenvalue weighted by atomic mass is 32.2. The quantitative estimate of drug-likeness (QED) is 0.0327. The lowest BCUT2D eigenvalue weighted by atomic mass is 9.73. The van der Waals surface area contributed by atoms with Crippen LogP contribution >= 0.6 is 30.0 Å². The Morgan fingerprint density at radius 3 is 1.97 bits per heavy atom. The molecule has 1 fully saturated rings. The van der Waals surface area contributed by atoms with Gasteiger partial charge >= 0.3 is 5.97 Å². The molecule has 1 saturated heterocycles. The number of amides is 1. The summed E-state index contributed by atoms with van der Waals surface area (Å²) in [5.74, 6) is -1.69. The van der Waals surface area contributed by atoms with Crippen LogP contribution in [-0.2, 0) is 25.4 Å². The second kappa shape index (κ2) is 19.4. The van der Waals surface area contributed by atoms with Gasteiger partial charge in [-0.25, -0.2) is 4.79 Å². The molecule has 0 bridgehead atoms. The molecule has 0 saturated carbocycles. The molecule has 1 aliphatic rings. The molecule has 5 atom stereocenters. The van der Waals surface area contributed by atoms with E-state index in [9.17, 15) is 10.4 Å². The third kappa shape index (κ3) is 9.35. The van der Waals surface area contributed by atoms with E-state index in [4.69, 9.17) is 13.9 Å². The fourth-order valence-corrected chi connectivity index (χ4v) is 15.0. The number of methoxy groups -OCH3 is 1. The molecule has 2 heterocycles. The second-order valence-corrected chi connectivity index (χ2v) is 26.5. The summed E-state index contributed by atoms with van der Waals surface area (Å²) in [5.41, 5.74) is 2.54. The minimum absolute atomic E-state index is 0.0750. The van der Waals surface area contributed by atoms with Crippen LogP contribution in [0.1, 0.15) is 39.7 Å². The van der Waals surface area contributed by atoms with E-state index in [1.807, 2.05) is 110 Å². The molecule has 60 heavy (non-hydrogen) atoms. The van der Waals surface area contributed by atoms with Crippen LogP contribution in [0.4, 0.5) is 0 Å². The van der Waals surface area contributed by atoms with E-state index >= 15 is 9.59 Å². The van der Waals surface area contributed by atoms with Crippen molar-refractivity contribution in [2.45, 2.75) is 81.4 Å². The van der Waals surface area contributed by atoms with E-state index in [-0.39, 0.29) is 35.1 Å². The molecule has 1 aromatic heterocycles. The van der Waals surface area contributed by atoms with Crippen LogP contribution in [0.3, 0.4) is 0 Å². The largest absolute Gasteiger partial charge is 0.497 e. The average molecular weight is 881 g/mol. The maximum Gasteiger partial charge on any atom is 0.356 e. The van der Waals surface area contributed by atoms with Gasteiger partial charge in [0.05, 0.1) is 37.3 Å². The normalized spacial score (nSPS) is 17.2. The number of thioether (sulfide) groups is 1. The topological polar surface area (TPSA) is 135 Å². The Morgan fingerprint density at radius 2 is 1.50 bits per heavy atom. The molecular weight excluding hydrogens is 828 g/mol. The maximum absolute atomic E-state index is 15.6. The number of esters is 1. The minimum Gasteiger partial charge on any atom is -0.497 e. The van der Waals surface area contributed by atoms with Gasteiger partial charge in [0, 0.05) is 25.0 Å². The summed E-state index contributed by atoms with van der Waals surface area (Å²) in [6.07, 6.45) is -1.76. The van der Waals surface area contributed by atoms with Gasteiger partial charge in [-0.2, -0.15) is 5.26 Å². The van der Waals surface area contributed by atoms with Crippen LogP contribution in [0.5, 0.6) is 5.75 Å². The van der Waals surface area contributed by atoms with Crippen LogP contribution < -0.4 is 20.7 Å². The lowest BCUT2D eigenvalue weighted by Crippen LogP contribution is -2.72. The van der Waals surface area contributed by atoms with Gasteiger partial charge in [0.25, 0.3) is 0 Å². The molecule has 0 aliphatic carbocycles. The molecule has 0 radical (unpaired) electrons. The third-order valence-electron chi connectivity index (χ3n) is 11.6. The van der Waals surface area contributed by atoms with E-state index in [0.717, 1.165) is 21.5 Å². The van der Waals surface area contributed by atoms with Crippen LogP contribution in [0.25, 0.3) is 0 Å².